The zero-order valence-electron chi connectivity index (χ0n) is 15.1. The third-order valence-electron chi connectivity index (χ3n) is 4.42. The highest BCUT2D eigenvalue weighted by molar-refractivity contribution is 7.99. The van der Waals surface area contributed by atoms with Crippen LogP contribution in [0.5, 0.6) is 0 Å². The van der Waals surface area contributed by atoms with Crippen LogP contribution in [0.25, 0.3) is 11.1 Å². The third kappa shape index (κ3) is 5.21. The van der Waals surface area contributed by atoms with Crippen molar-refractivity contribution in [3.63, 3.8) is 0 Å². The number of aryl methyl sites for hydroxylation is 1. The maximum Gasteiger partial charge on any atom is 0.123 e. The van der Waals surface area contributed by atoms with Gasteiger partial charge in [0, 0.05) is 12.4 Å². The van der Waals surface area contributed by atoms with E-state index in [1.807, 2.05) is 42.6 Å². The van der Waals surface area contributed by atoms with Crippen LogP contribution < -0.4 is 0 Å². The molecule has 0 fully saturated rings. The maximum atomic E-state index is 12.8. The summed E-state index contributed by atoms with van der Waals surface area (Å²) >= 11 is 1.98. The Morgan fingerprint density at radius 2 is 1.73 bits per heavy atom. The molecule has 2 aliphatic carbocycles. The van der Waals surface area contributed by atoms with Crippen LogP contribution in [0.3, 0.4) is 0 Å². The average molecular weight is 369 g/mol. The largest absolute Gasteiger partial charge is 0.325 e. The van der Waals surface area contributed by atoms with Gasteiger partial charge in [0.1, 0.15) is 5.82 Å². The molecule has 4 heteroatoms. The molecule has 136 valence electrons. The SMILES string of the molecule is CCCSC(CCCc1ccc(F)cc1)n1ccnc1.c1cc2ccc1-2. The summed E-state index contributed by atoms with van der Waals surface area (Å²) in [6.07, 6.45) is 10.2. The Bertz CT molecular complexity index is 746. The van der Waals surface area contributed by atoms with Gasteiger partial charge in [-0.15, -0.1) is 11.8 Å². The van der Waals surface area contributed by atoms with Crippen LogP contribution in [0.15, 0.2) is 67.3 Å². The Morgan fingerprint density at radius 3 is 2.23 bits per heavy atom. The van der Waals surface area contributed by atoms with Crippen molar-refractivity contribution in [2.75, 3.05) is 5.75 Å². The normalized spacial score (nSPS) is 12.2. The molecule has 0 saturated heterocycles. The number of thioether (sulfide) groups is 1. The van der Waals surface area contributed by atoms with E-state index in [1.54, 1.807) is 0 Å². The molecule has 0 bridgehead atoms. The number of rotatable bonds is 8. The highest BCUT2D eigenvalue weighted by Crippen LogP contribution is 2.29. The fourth-order valence-corrected chi connectivity index (χ4v) is 3.94. The van der Waals surface area contributed by atoms with Crippen LogP contribution in [-0.2, 0) is 6.42 Å². The second kappa shape index (κ2) is 9.58. The highest BCUT2D eigenvalue weighted by Gasteiger charge is 2.10. The molecule has 1 aromatic carbocycles. The van der Waals surface area contributed by atoms with Crippen molar-refractivity contribution in [2.45, 2.75) is 38.0 Å². The van der Waals surface area contributed by atoms with Gasteiger partial charge in [-0.1, -0.05) is 43.3 Å². The molecule has 0 amide bonds. The summed E-state index contributed by atoms with van der Waals surface area (Å²) in [5.74, 6) is 1.00. The van der Waals surface area contributed by atoms with Gasteiger partial charge in [0.25, 0.3) is 0 Å². The molecule has 0 N–H and O–H groups in total. The summed E-state index contributed by atoms with van der Waals surface area (Å²) in [5, 5.41) is 0.456. The number of nitrogens with zero attached hydrogens (tertiary/aromatic N) is 2. The molecule has 1 heterocycles. The van der Waals surface area contributed by atoms with Crippen LogP contribution >= 0.6 is 11.8 Å². The summed E-state index contributed by atoms with van der Waals surface area (Å²) in [6, 6.07) is 15.3. The van der Waals surface area contributed by atoms with Crippen molar-refractivity contribution in [2.24, 2.45) is 0 Å². The molecular weight excluding hydrogens is 343 g/mol. The molecule has 0 radical (unpaired) electrons. The lowest BCUT2D eigenvalue weighted by molar-refractivity contribution is 0.591. The molecule has 0 aliphatic heterocycles. The molecule has 1 unspecified atom stereocenters. The molecular formula is C22H25FN2S. The van der Waals surface area contributed by atoms with E-state index in [4.69, 9.17) is 0 Å². The summed E-state index contributed by atoms with van der Waals surface area (Å²) in [4.78, 5) is 4.14. The summed E-state index contributed by atoms with van der Waals surface area (Å²) < 4.78 is 15.0. The van der Waals surface area contributed by atoms with E-state index in [0.717, 1.165) is 19.3 Å². The first-order valence-corrected chi connectivity index (χ1v) is 10.2. The predicted octanol–water partition coefficient (Wildman–Crippen LogP) is 6.35. The number of hydrogen-bond acceptors (Lipinski definition) is 2. The molecule has 0 saturated carbocycles. The van der Waals surface area contributed by atoms with Crippen LogP contribution in [0.1, 0.15) is 37.1 Å². The van der Waals surface area contributed by atoms with Crippen molar-refractivity contribution in [3.05, 3.63) is 78.6 Å². The van der Waals surface area contributed by atoms with E-state index in [2.05, 4.69) is 40.7 Å². The van der Waals surface area contributed by atoms with Gasteiger partial charge in [-0.25, -0.2) is 9.37 Å². The minimum atomic E-state index is -0.163. The fraction of sp³-hybridized carbons (Fsp3) is 0.318. The number of benzene rings is 2. The van der Waals surface area contributed by atoms with Gasteiger partial charge in [0.2, 0.25) is 0 Å². The Labute approximate surface area is 159 Å². The zero-order valence-corrected chi connectivity index (χ0v) is 16.0. The number of fused-ring (bicyclic) bond motifs is 1. The smallest absolute Gasteiger partial charge is 0.123 e. The lowest BCUT2D eigenvalue weighted by Gasteiger charge is -2.17. The van der Waals surface area contributed by atoms with Crippen molar-refractivity contribution < 1.29 is 4.39 Å². The van der Waals surface area contributed by atoms with Gasteiger partial charge in [-0.3, -0.25) is 0 Å². The van der Waals surface area contributed by atoms with E-state index in [-0.39, 0.29) is 5.82 Å². The molecule has 2 nitrogen and oxygen atoms in total. The van der Waals surface area contributed by atoms with Crippen LogP contribution in [0.2, 0.25) is 0 Å². The first-order chi connectivity index (χ1) is 12.8. The Hall–Kier alpha value is -2.07. The van der Waals surface area contributed by atoms with Gasteiger partial charge < -0.3 is 4.57 Å². The lowest BCUT2D eigenvalue weighted by atomic mass is 9.95. The van der Waals surface area contributed by atoms with E-state index in [1.165, 1.54) is 41.0 Å². The third-order valence-corrected chi connectivity index (χ3v) is 5.93. The Morgan fingerprint density at radius 1 is 1.04 bits per heavy atom. The maximum absolute atomic E-state index is 12.8. The molecule has 26 heavy (non-hydrogen) atoms. The average Bonchev–Trinajstić information content (AvgIpc) is 3.17. The quantitative estimate of drug-likeness (QED) is 0.360. The summed E-state index contributed by atoms with van der Waals surface area (Å²) in [6.45, 7) is 2.20. The van der Waals surface area contributed by atoms with Crippen LogP contribution in [0.4, 0.5) is 4.39 Å². The van der Waals surface area contributed by atoms with Crippen LogP contribution in [0, 0.1) is 5.82 Å². The van der Waals surface area contributed by atoms with Gasteiger partial charge >= 0.3 is 0 Å². The van der Waals surface area contributed by atoms with Gasteiger partial charge in [0.15, 0.2) is 0 Å². The first-order valence-electron chi connectivity index (χ1n) is 9.20. The van der Waals surface area contributed by atoms with Crippen molar-refractivity contribution in [1.29, 1.82) is 0 Å². The van der Waals surface area contributed by atoms with Gasteiger partial charge in [-0.05, 0) is 60.3 Å². The first kappa shape index (κ1) is 18.7. The Kier molecular flexibility index (Phi) is 6.89. The Balaban J connectivity index is 0.000000269. The number of hydrogen-bond donors (Lipinski definition) is 0. The molecule has 1 aromatic heterocycles. The van der Waals surface area contributed by atoms with Crippen molar-refractivity contribution in [3.8, 4) is 11.1 Å². The van der Waals surface area contributed by atoms with Gasteiger partial charge in [0.05, 0.1) is 11.7 Å². The molecule has 2 aliphatic rings. The highest BCUT2D eigenvalue weighted by atomic mass is 32.2. The molecule has 1 atom stereocenters. The minimum absolute atomic E-state index is 0.163. The standard InChI is InChI=1S/C16H21FN2S.C6H4/c1-2-12-20-16(19-11-10-18-13-19)5-3-4-14-6-8-15(17)9-7-14;1-2-6-4-3-5(1)6/h6-11,13,16H,2-5,12H2,1H3;1-4H. The topological polar surface area (TPSA) is 17.8 Å². The van der Waals surface area contributed by atoms with E-state index in [0.29, 0.717) is 5.37 Å². The second-order valence-corrected chi connectivity index (χ2v) is 7.72. The lowest BCUT2D eigenvalue weighted by Crippen LogP contribution is -2.04. The van der Waals surface area contributed by atoms with Gasteiger partial charge in [-0.2, -0.15) is 0 Å². The molecule has 0 spiro atoms. The fourth-order valence-electron chi connectivity index (χ4n) is 2.81. The minimum Gasteiger partial charge on any atom is -0.325 e. The van der Waals surface area contributed by atoms with Crippen molar-refractivity contribution in [1.82, 2.24) is 9.55 Å². The summed E-state index contributed by atoms with van der Waals surface area (Å²) in [7, 11) is 0. The predicted molar refractivity (Wildman–Crippen MR) is 109 cm³/mol. The molecule has 4 rings (SSSR count). The van der Waals surface area contributed by atoms with Crippen molar-refractivity contribution >= 4 is 11.8 Å². The number of halogens is 1. The van der Waals surface area contributed by atoms with Crippen LogP contribution in [-0.4, -0.2) is 15.3 Å². The molecule has 2 aromatic rings. The van der Waals surface area contributed by atoms with E-state index in [9.17, 15) is 4.39 Å². The summed E-state index contributed by atoms with van der Waals surface area (Å²) in [5.41, 5.74) is 4.06. The second-order valence-electron chi connectivity index (χ2n) is 6.43. The zero-order chi connectivity index (χ0) is 18.2. The van der Waals surface area contributed by atoms with E-state index < -0.39 is 0 Å². The monoisotopic (exact) mass is 368 g/mol. The number of aromatic nitrogens is 2. The van der Waals surface area contributed by atoms with E-state index >= 15 is 0 Å². The number of imidazole rings is 1.